The molecular formula is C18H23FN2O4. The fraction of sp³-hybridized carbons (Fsp3) is 0.444. The largest absolute Gasteiger partial charge is 0.466 e. The number of methoxy groups -OCH3 is 2. The smallest absolute Gasteiger partial charge is 0.354 e. The van der Waals surface area contributed by atoms with Crippen molar-refractivity contribution in [3.8, 4) is 0 Å². The molecule has 1 aromatic carbocycles. The maximum absolute atomic E-state index is 14.6. The van der Waals surface area contributed by atoms with Gasteiger partial charge in [-0.2, -0.15) is 0 Å². The predicted molar refractivity (Wildman–Crippen MR) is 92.8 cm³/mol. The minimum absolute atomic E-state index is 0.132. The van der Waals surface area contributed by atoms with Crippen LogP contribution in [0, 0.1) is 5.82 Å². The van der Waals surface area contributed by atoms with Crippen molar-refractivity contribution in [2.45, 2.75) is 32.2 Å². The first-order valence-corrected chi connectivity index (χ1v) is 8.17. The molecule has 1 unspecified atom stereocenters. The van der Waals surface area contributed by atoms with Crippen LogP contribution in [-0.2, 0) is 19.1 Å². The molecule has 1 aromatic rings. The molecule has 1 aliphatic rings. The van der Waals surface area contributed by atoms with Crippen molar-refractivity contribution in [1.82, 2.24) is 0 Å². The highest BCUT2D eigenvalue weighted by atomic mass is 19.1. The van der Waals surface area contributed by atoms with Gasteiger partial charge < -0.3 is 19.7 Å². The molecule has 0 amide bonds. The maximum atomic E-state index is 14.6. The number of carbonyl (C=O) groups is 2. The minimum Gasteiger partial charge on any atom is -0.466 e. The Labute approximate surface area is 146 Å². The number of hydrogen-bond acceptors (Lipinski definition) is 6. The van der Waals surface area contributed by atoms with E-state index in [0.29, 0.717) is 11.4 Å². The van der Waals surface area contributed by atoms with Gasteiger partial charge in [0.2, 0.25) is 0 Å². The van der Waals surface area contributed by atoms with Gasteiger partial charge in [0.15, 0.2) is 0 Å². The molecule has 0 saturated carbocycles. The molecule has 2 rings (SSSR count). The summed E-state index contributed by atoms with van der Waals surface area (Å²) in [6.45, 7) is 2.90. The molecule has 0 radical (unpaired) electrons. The number of nitrogens with one attached hydrogen (secondary N) is 1. The molecule has 1 N–H and O–H groups in total. The van der Waals surface area contributed by atoms with E-state index in [9.17, 15) is 14.0 Å². The number of nitrogens with zero attached hydrogens (tertiary/aromatic N) is 1. The summed E-state index contributed by atoms with van der Waals surface area (Å²) >= 11 is 0. The van der Waals surface area contributed by atoms with E-state index >= 15 is 0 Å². The van der Waals surface area contributed by atoms with Crippen molar-refractivity contribution < 1.29 is 23.5 Å². The average molecular weight is 350 g/mol. The van der Waals surface area contributed by atoms with Gasteiger partial charge in [-0.15, -0.1) is 0 Å². The van der Waals surface area contributed by atoms with E-state index < -0.39 is 11.9 Å². The van der Waals surface area contributed by atoms with E-state index in [0.717, 1.165) is 31.9 Å². The van der Waals surface area contributed by atoms with Crippen molar-refractivity contribution in [3.05, 3.63) is 35.8 Å². The van der Waals surface area contributed by atoms with Crippen LogP contribution in [0.2, 0.25) is 0 Å². The van der Waals surface area contributed by atoms with E-state index in [1.165, 1.54) is 20.3 Å². The Balaban J connectivity index is 2.22. The van der Waals surface area contributed by atoms with Crippen LogP contribution in [0.1, 0.15) is 26.2 Å². The third-order valence-corrected chi connectivity index (χ3v) is 4.21. The minimum atomic E-state index is -0.750. The van der Waals surface area contributed by atoms with Gasteiger partial charge >= 0.3 is 11.9 Å². The highest BCUT2D eigenvalue weighted by Crippen LogP contribution is 2.29. The Hall–Kier alpha value is -2.57. The Morgan fingerprint density at radius 2 is 2.04 bits per heavy atom. The van der Waals surface area contributed by atoms with Crippen LogP contribution in [-0.4, -0.2) is 38.7 Å². The number of hydrogen-bond donors (Lipinski definition) is 1. The summed E-state index contributed by atoms with van der Waals surface area (Å²) < 4.78 is 23.7. The van der Waals surface area contributed by atoms with Gasteiger partial charge in [0.25, 0.3) is 0 Å². The van der Waals surface area contributed by atoms with Gasteiger partial charge in [-0.25, -0.2) is 14.0 Å². The lowest BCUT2D eigenvalue weighted by Gasteiger charge is -2.35. The second-order valence-corrected chi connectivity index (χ2v) is 5.90. The Bertz CT molecular complexity index is 675. The molecule has 1 atom stereocenters. The number of carbonyl (C=O) groups excluding carboxylic acids is 2. The molecule has 6 nitrogen and oxygen atoms in total. The summed E-state index contributed by atoms with van der Waals surface area (Å²) in [5.41, 5.74) is 0.744. The Morgan fingerprint density at radius 3 is 2.64 bits per heavy atom. The van der Waals surface area contributed by atoms with Crippen LogP contribution in [0.5, 0.6) is 0 Å². The number of halogens is 1. The summed E-state index contributed by atoms with van der Waals surface area (Å²) in [5.74, 6) is -1.85. The van der Waals surface area contributed by atoms with Crippen molar-refractivity contribution in [1.29, 1.82) is 0 Å². The fourth-order valence-electron chi connectivity index (χ4n) is 2.86. The second-order valence-electron chi connectivity index (χ2n) is 5.90. The molecular weight excluding hydrogens is 327 g/mol. The van der Waals surface area contributed by atoms with Crippen molar-refractivity contribution in [2.75, 3.05) is 31.0 Å². The first-order valence-electron chi connectivity index (χ1n) is 8.17. The summed E-state index contributed by atoms with van der Waals surface area (Å²) in [4.78, 5) is 25.2. The summed E-state index contributed by atoms with van der Waals surface area (Å²) in [6.07, 6.45) is 4.19. The molecule has 0 aliphatic carbocycles. The van der Waals surface area contributed by atoms with Gasteiger partial charge in [0.1, 0.15) is 11.5 Å². The van der Waals surface area contributed by atoms with E-state index in [2.05, 4.69) is 21.7 Å². The zero-order valence-corrected chi connectivity index (χ0v) is 14.7. The van der Waals surface area contributed by atoms with Crippen LogP contribution >= 0.6 is 0 Å². The first kappa shape index (κ1) is 18.8. The topological polar surface area (TPSA) is 67.9 Å². The zero-order chi connectivity index (χ0) is 18.4. The molecule has 1 heterocycles. The number of anilines is 2. The molecule has 1 saturated heterocycles. The zero-order valence-electron chi connectivity index (χ0n) is 14.7. The molecule has 0 aromatic heterocycles. The lowest BCUT2D eigenvalue weighted by Crippen LogP contribution is -2.37. The molecule has 136 valence electrons. The van der Waals surface area contributed by atoms with E-state index in [-0.39, 0.29) is 17.6 Å². The van der Waals surface area contributed by atoms with Gasteiger partial charge in [0.05, 0.1) is 26.0 Å². The lowest BCUT2D eigenvalue weighted by molar-refractivity contribution is -0.138. The van der Waals surface area contributed by atoms with Crippen LogP contribution in [0.4, 0.5) is 15.8 Å². The summed E-state index contributed by atoms with van der Waals surface area (Å²) in [5, 5.41) is 2.70. The molecule has 1 fully saturated rings. The van der Waals surface area contributed by atoms with Crippen LogP contribution in [0.25, 0.3) is 0 Å². The number of piperidine rings is 1. The highest BCUT2D eigenvalue weighted by Gasteiger charge is 2.21. The third kappa shape index (κ3) is 4.71. The standard InChI is InChI=1S/C18H23FN2O4/c1-12-6-4-5-9-21(12)16-8-7-13(10-14(16)19)20-15(18(23)25-3)11-17(22)24-2/h7-8,10-12,20H,4-6,9H2,1-3H3/b15-11+. The monoisotopic (exact) mass is 350 g/mol. The molecule has 25 heavy (non-hydrogen) atoms. The predicted octanol–water partition coefficient (Wildman–Crippen LogP) is 2.85. The van der Waals surface area contributed by atoms with Crippen molar-refractivity contribution in [3.63, 3.8) is 0 Å². The van der Waals surface area contributed by atoms with Crippen molar-refractivity contribution >= 4 is 23.3 Å². The van der Waals surface area contributed by atoms with E-state index in [1.807, 2.05) is 4.90 Å². The van der Waals surface area contributed by atoms with Gasteiger partial charge in [0, 0.05) is 18.3 Å². The summed E-state index contributed by atoms with van der Waals surface area (Å²) in [6, 6.07) is 4.91. The molecule has 1 aliphatic heterocycles. The fourth-order valence-corrected chi connectivity index (χ4v) is 2.86. The van der Waals surface area contributed by atoms with E-state index in [1.54, 1.807) is 12.1 Å². The first-order chi connectivity index (χ1) is 12.0. The molecule has 7 heteroatoms. The number of benzene rings is 1. The number of ether oxygens (including phenoxy) is 2. The highest BCUT2D eigenvalue weighted by molar-refractivity contribution is 5.98. The molecule has 0 bridgehead atoms. The number of rotatable bonds is 5. The Morgan fingerprint density at radius 1 is 1.28 bits per heavy atom. The lowest BCUT2D eigenvalue weighted by atomic mass is 10.0. The quantitative estimate of drug-likeness (QED) is 0.651. The van der Waals surface area contributed by atoms with Crippen LogP contribution in [0.3, 0.4) is 0 Å². The van der Waals surface area contributed by atoms with Crippen molar-refractivity contribution in [2.24, 2.45) is 0 Å². The van der Waals surface area contributed by atoms with Gasteiger partial charge in [-0.3, -0.25) is 0 Å². The average Bonchev–Trinajstić information content (AvgIpc) is 2.61. The van der Waals surface area contributed by atoms with Gasteiger partial charge in [-0.05, 0) is 44.4 Å². The SMILES string of the molecule is COC(=O)/C=C(/Nc1ccc(N2CCCCC2C)c(F)c1)C(=O)OC. The van der Waals surface area contributed by atoms with Crippen LogP contribution in [0.15, 0.2) is 30.0 Å². The molecule has 0 spiro atoms. The second kappa shape index (κ2) is 8.50. The number of esters is 2. The normalized spacial score (nSPS) is 17.8. The van der Waals surface area contributed by atoms with Gasteiger partial charge in [-0.1, -0.05) is 0 Å². The third-order valence-electron chi connectivity index (χ3n) is 4.21. The van der Waals surface area contributed by atoms with E-state index in [4.69, 9.17) is 0 Å². The summed E-state index contributed by atoms with van der Waals surface area (Å²) in [7, 11) is 2.39. The Kier molecular flexibility index (Phi) is 6.38. The van der Waals surface area contributed by atoms with Crippen LogP contribution < -0.4 is 10.2 Å². The maximum Gasteiger partial charge on any atom is 0.354 e.